The molecule has 2 heterocycles. The normalized spacial score (nSPS) is 23.6. The summed E-state index contributed by atoms with van der Waals surface area (Å²) in [5.74, 6) is 0.849. The van der Waals surface area contributed by atoms with Crippen molar-refractivity contribution in [3.05, 3.63) is 78.0 Å². The van der Waals surface area contributed by atoms with Crippen LogP contribution in [0.3, 0.4) is 0 Å². The van der Waals surface area contributed by atoms with Gasteiger partial charge >= 0.3 is 6.18 Å². The Kier molecular flexibility index (Phi) is 8.06. The predicted molar refractivity (Wildman–Crippen MR) is 153 cm³/mol. The van der Waals surface area contributed by atoms with Crippen LogP contribution >= 0.6 is 0 Å². The van der Waals surface area contributed by atoms with E-state index in [9.17, 15) is 18.0 Å². The highest BCUT2D eigenvalue weighted by molar-refractivity contribution is 5.94. The second-order valence-electron chi connectivity index (χ2n) is 11.8. The van der Waals surface area contributed by atoms with Crippen LogP contribution in [0.2, 0.25) is 0 Å². The number of primary amides is 1. The van der Waals surface area contributed by atoms with Crippen molar-refractivity contribution in [1.82, 2.24) is 4.98 Å². The fourth-order valence-corrected chi connectivity index (χ4v) is 6.57. The van der Waals surface area contributed by atoms with Crippen LogP contribution in [0, 0.1) is 11.3 Å². The number of nitrogens with zero attached hydrogens (tertiary/aromatic N) is 2. The molecule has 1 saturated carbocycles. The molecule has 8 heteroatoms. The second-order valence-corrected chi connectivity index (χ2v) is 11.8. The van der Waals surface area contributed by atoms with E-state index >= 15 is 0 Å². The Morgan fingerprint density at radius 1 is 1.05 bits per heavy atom. The number of nitrogens with two attached hydrogens (primary N) is 1. The molecule has 1 aliphatic heterocycles. The zero-order valence-electron chi connectivity index (χ0n) is 22.9. The number of pyridine rings is 1. The lowest BCUT2D eigenvalue weighted by atomic mass is 9.70. The van der Waals surface area contributed by atoms with Gasteiger partial charge in [-0.2, -0.15) is 13.2 Å². The van der Waals surface area contributed by atoms with Gasteiger partial charge in [-0.1, -0.05) is 31.9 Å². The van der Waals surface area contributed by atoms with Crippen molar-refractivity contribution in [1.29, 1.82) is 0 Å². The minimum absolute atomic E-state index is 0.0767. The highest BCUT2D eigenvalue weighted by Crippen LogP contribution is 2.42. The molecule has 3 atom stereocenters. The number of halogens is 3. The Hall–Kier alpha value is -3.55. The quantitative estimate of drug-likeness (QED) is 0.319. The average molecular weight is 551 g/mol. The van der Waals surface area contributed by atoms with Gasteiger partial charge in [0.15, 0.2) is 0 Å². The topological polar surface area (TPSA) is 71.2 Å². The maximum absolute atomic E-state index is 13.1. The third kappa shape index (κ3) is 6.60. The Bertz CT molecular complexity index is 1330. The summed E-state index contributed by atoms with van der Waals surface area (Å²) in [6, 6.07) is 17.2. The summed E-state index contributed by atoms with van der Waals surface area (Å²) in [6.07, 6.45) is 5.25. The molecule has 3 N–H and O–H groups in total. The van der Waals surface area contributed by atoms with Crippen LogP contribution in [0.25, 0.3) is 11.1 Å². The lowest BCUT2D eigenvalue weighted by Gasteiger charge is -2.45. The molecule has 40 heavy (non-hydrogen) atoms. The highest BCUT2D eigenvalue weighted by atomic mass is 19.4. The summed E-state index contributed by atoms with van der Waals surface area (Å²) >= 11 is 0. The van der Waals surface area contributed by atoms with Gasteiger partial charge in [0.1, 0.15) is 5.82 Å². The molecule has 0 radical (unpaired) electrons. The SMILES string of the molecule is C[C@]1(C[C@@H]2CCCC[C@H]2Nc2cc(-c3cccc(C(N)=O)c3)ccn2)CCCN(c2ccc(C(F)(F)F)cc2)C1. The first kappa shape index (κ1) is 28.0. The van der Waals surface area contributed by atoms with Crippen molar-refractivity contribution in [2.45, 2.75) is 64.1 Å². The third-order valence-corrected chi connectivity index (χ3v) is 8.58. The predicted octanol–water partition coefficient (Wildman–Crippen LogP) is 7.53. The van der Waals surface area contributed by atoms with E-state index < -0.39 is 17.6 Å². The van der Waals surface area contributed by atoms with Crippen LogP contribution in [0.4, 0.5) is 24.7 Å². The van der Waals surface area contributed by atoms with Crippen LogP contribution in [0.15, 0.2) is 66.9 Å². The molecule has 0 bridgehead atoms. The average Bonchev–Trinajstić information content (AvgIpc) is 2.94. The first-order valence-electron chi connectivity index (χ1n) is 14.1. The zero-order valence-corrected chi connectivity index (χ0v) is 22.9. The number of nitrogens with one attached hydrogen (secondary N) is 1. The largest absolute Gasteiger partial charge is 0.416 e. The molecule has 0 unspecified atom stereocenters. The second kappa shape index (κ2) is 11.5. The van der Waals surface area contributed by atoms with E-state index in [4.69, 9.17) is 5.73 Å². The molecule has 1 aromatic heterocycles. The molecule has 5 rings (SSSR count). The Balaban J connectivity index is 1.28. The number of anilines is 2. The van der Waals surface area contributed by atoms with Gasteiger partial charge in [-0.15, -0.1) is 0 Å². The molecule has 1 aliphatic carbocycles. The minimum Gasteiger partial charge on any atom is -0.371 e. The number of amides is 1. The van der Waals surface area contributed by atoms with Gasteiger partial charge < -0.3 is 16.0 Å². The van der Waals surface area contributed by atoms with Crippen LogP contribution in [-0.2, 0) is 6.18 Å². The van der Waals surface area contributed by atoms with Gasteiger partial charge in [0.05, 0.1) is 5.56 Å². The highest BCUT2D eigenvalue weighted by Gasteiger charge is 2.37. The minimum atomic E-state index is -4.32. The number of hydrogen-bond acceptors (Lipinski definition) is 4. The van der Waals surface area contributed by atoms with Crippen LogP contribution < -0.4 is 16.0 Å². The maximum atomic E-state index is 13.1. The number of rotatable bonds is 7. The number of benzene rings is 2. The Labute approximate surface area is 234 Å². The molecule has 1 saturated heterocycles. The number of piperidine rings is 1. The maximum Gasteiger partial charge on any atom is 0.416 e. The molecule has 3 aromatic rings. The van der Waals surface area contributed by atoms with E-state index in [1.54, 1.807) is 30.5 Å². The molecule has 1 amide bonds. The van der Waals surface area contributed by atoms with E-state index in [0.29, 0.717) is 17.5 Å². The molecule has 2 aliphatic rings. The van der Waals surface area contributed by atoms with Gasteiger partial charge in [0, 0.05) is 36.6 Å². The van der Waals surface area contributed by atoms with Gasteiger partial charge in [-0.25, -0.2) is 4.98 Å². The van der Waals surface area contributed by atoms with Crippen molar-refractivity contribution < 1.29 is 18.0 Å². The number of aromatic nitrogens is 1. The number of carbonyl (C=O) groups excluding carboxylic acids is 1. The first-order valence-corrected chi connectivity index (χ1v) is 14.1. The fourth-order valence-electron chi connectivity index (χ4n) is 6.57. The Morgan fingerprint density at radius 2 is 1.80 bits per heavy atom. The lowest BCUT2D eigenvalue weighted by Crippen LogP contribution is -2.45. The molecular weight excluding hydrogens is 513 g/mol. The number of alkyl halides is 3. The van der Waals surface area contributed by atoms with Gasteiger partial charge in [0.25, 0.3) is 0 Å². The molecule has 2 fully saturated rings. The summed E-state index contributed by atoms with van der Waals surface area (Å²) in [5.41, 5.74) is 8.17. The van der Waals surface area contributed by atoms with Crippen molar-refractivity contribution in [3.8, 4) is 11.1 Å². The number of hydrogen-bond donors (Lipinski definition) is 2. The summed E-state index contributed by atoms with van der Waals surface area (Å²) in [5, 5.41) is 3.73. The zero-order chi connectivity index (χ0) is 28.3. The third-order valence-electron chi connectivity index (χ3n) is 8.58. The van der Waals surface area contributed by atoms with Gasteiger partial charge in [-0.3, -0.25) is 4.79 Å². The van der Waals surface area contributed by atoms with Crippen molar-refractivity contribution >= 4 is 17.4 Å². The molecule has 2 aromatic carbocycles. The van der Waals surface area contributed by atoms with Crippen molar-refractivity contribution in [3.63, 3.8) is 0 Å². The summed E-state index contributed by atoms with van der Waals surface area (Å²) in [4.78, 5) is 18.5. The Morgan fingerprint density at radius 3 is 2.55 bits per heavy atom. The van der Waals surface area contributed by atoms with Crippen LogP contribution in [0.1, 0.15) is 67.8 Å². The van der Waals surface area contributed by atoms with Gasteiger partial charge in [0.2, 0.25) is 5.91 Å². The van der Waals surface area contributed by atoms with Gasteiger partial charge in [-0.05, 0) is 103 Å². The summed E-state index contributed by atoms with van der Waals surface area (Å²) in [7, 11) is 0. The van der Waals surface area contributed by atoms with E-state index in [1.807, 2.05) is 24.3 Å². The van der Waals surface area contributed by atoms with E-state index in [-0.39, 0.29) is 5.41 Å². The van der Waals surface area contributed by atoms with Crippen LogP contribution in [0.5, 0.6) is 0 Å². The monoisotopic (exact) mass is 550 g/mol. The summed E-state index contributed by atoms with van der Waals surface area (Å²) < 4.78 is 39.2. The first-order chi connectivity index (χ1) is 19.1. The van der Waals surface area contributed by atoms with E-state index in [2.05, 4.69) is 22.1 Å². The number of carbonyl (C=O) groups is 1. The summed E-state index contributed by atoms with van der Waals surface area (Å²) in [6.45, 7) is 4.03. The smallest absolute Gasteiger partial charge is 0.371 e. The standard InChI is InChI=1S/C32H37F3N4O/c1-31(15-5-17-39(21-31)27-12-10-26(11-13-27)32(33,34)35)20-25-6-2-3-9-28(25)38-29-19-23(14-16-37-29)22-7-4-8-24(18-22)30(36)40/h4,7-8,10-14,16,18-19,25,28H,2-3,5-6,9,15,17,20-21H2,1H3,(H2,36,40)(H,37,38)/t25-,28+,31+/m0/s1. The molecule has 5 nitrogen and oxygen atoms in total. The van der Waals surface area contributed by atoms with Crippen molar-refractivity contribution in [2.75, 3.05) is 23.3 Å². The van der Waals surface area contributed by atoms with E-state index in [0.717, 1.165) is 67.8 Å². The van der Waals surface area contributed by atoms with Crippen LogP contribution in [-0.4, -0.2) is 30.0 Å². The lowest BCUT2D eigenvalue weighted by molar-refractivity contribution is -0.137. The molecule has 212 valence electrons. The molecule has 0 spiro atoms. The molecular formula is C32H37F3N4O. The van der Waals surface area contributed by atoms with Crippen molar-refractivity contribution in [2.24, 2.45) is 17.1 Å². The van der Waals surface area contributed by atoms with E-state index in [1.165, 1.54) is 25.0 Å². The fraction of sp³-hybridized carbons (Fsp3) is 0.438.